The van der Waals surface area contributed by atoms with E-state index in [1.165, 1.54) is 48.5 Å². The first-order valence-corrected chi connectivity index (χ1v) is 12.6. The lowest BCUT2D eigenvalue weighted by Gasteiger charge is -2.17. The lowest BCUT2D eigenvalue weighted by molar-refractivity contribution is -0.138. The molecule has 2 N–H and O–H groups in total. The summed E-state index contributed by atoms with van der Waals surface area (Å²) in [6, 6.07) is 11.0. The molecule has 0 saturated heterocycles. The van der Waals surface area contributed by atoms with Crippen LogP contribution in [0.3, 0.4) is 0 Å². The Morgan fingerprint density at radius 1 is 0.675 bits per heavy atom. The summed E-state index contributed by atoms with van der Waals surface area (Å²) in [4.78, 5) is 13.8. The largest absolute Gasteiger partial charge is 0.421 e. The van der Waals surface area contributed by atoms with Gasteiger partial charge in [-0.3, -0.25) is 0 Å². The lowest BCUT2D eigenvalue weighted by Crippen LogP contribution is -2.11. The van der Waals surface area contributed by atoms with Crippen LogP contribution in [-0.2, 0) is 16.9 Å². The number of aromatic nitrogens is 4. The Balaban J connectivity index is 1.56. The van der Waals surface area contributed by atoms with Gasteiger partial charge in [0.15, 0.2) is 11.5 Å². The standard InChI is InChI=1S/C22H13Cl2F6N6O3P/c23-19-31-9-11(21(25,26)27)17(35-19)33-13-5-1-3-7-15(13)38-40(37)39-16-8-4-2-6-14(16)34-18-12(22(28,29)30)10-32-20(24)36-18/h1-10,40H,(H,31,33,35)(H,32,34,36). The molecule has 40 heavy (non-hydrogen) atoms. The fraction of sp³-hybridized carbons (Fsp3) is 0.0909. The zero-order chi connectivity index (χ0) is 29.1. The van der Waals surface area contributed by atoms with E-state index in [0.29, 0.717) is 12.4 Å². The van der Waals surface area contributed by atoms with Crippen molar-refractivity contribution in [1.82, 2.24) is 19.9 Å². The molecule has 4 rings (SSSR count). The van der Waals surface area contributed by atoms with Crippen molar-refractivity contribution in [2.24, 2.45) is 0 Å². The van der Waals surface area contributed by atoms with E-state index in [2.05, 4.69) is 30.6 Å². The van der Waals surface area contributed by atoms with Gasteiger partial charge in [-0.05, 0) is 47.5 Å². The van der Waals surface area contributed by atoms with Crippen molar-refractivity contribution in [2.75, 3.05) is 10.6 Å². The molecule has 0 amide bonds. The van der Waals surface area contributed by atoms with Gasteiger partial charge < -0.3 is 19.7 Å². The maximum Gasteiger partial charge on any atom is 0.421 e. The summed E-state index contributed by atoms with van der Waals surface area (Å²) < 4.78 is 104. The van der Waals surface area contributed by atoms with Crippen LogP contribution in [0.5, 0.6) is 11.5 Å². The number of alkyl halides is 6. The molecule has 0 atom stereocenters. The summed E-state index contributed by atoms with van der Waals surface area (Å²) in [6.45, 7) is 0. The Hall–Kier alpha value is -3.81. The van der Waals surface area contributed by atoms with Crippen LogP contribution in [0, 0.1) is 0 Å². The Morgan fingerprint density at radius 3 is 1.43 bits per heavy atom. The molecule has 9 nitrogen and oxygen atoms in total. The van der Waals surface area contributed by atoms with Crippen molar-refractivity contribution in [1.29, 1.82) is 0 Å². The molecule has 2 aromatic heterocycles. The van der Waals surface area contributed by atoms with E-state index in [1.807, 2.05) is 0 Å². The normalized spacial score (nSPS) is 11.8. The third-order valence-corrected chi connectivity index (χ3v) is 5.93. The van der Waals surface area contributed by atoms with E-state index in [9.17, 15) is 30.9 Å². The topological polar surface area (TPSA) is 111 Å². The van der Waals surface area contributed by atoms with E-state index in [4.69, 9.17) is 32.2 Å². The van der Waals surface area contributed by atoms with Gasteiger partial charge in [0.1, 0.15) is 22.8 Å². The Kier molecular flexibility index (Phi) is 8.57. The smallest absolute Gasteiger partial charge is 0.416 e. The number of nitrogens with zero attached hydrogens (tertiary/aromatic N) is 4. The van der Waals surface area contributed by atoms with E-state index in [0.717, 1.165) is 0 Å². The zero-order valence-corrected chi connectivity index (χ0v) is 21.8. The van der Waals surface area contributed by atoms with E-state index in [-0.39, 0.29) is 22.9 Å². The van der Waals surface area contributed by atoms with E-state index >= 15 is 0 Å². The average Bonchev–Trinajstić information content (AvgIpc) is 2.85. The molecule has 0 fully saturated rings. The van der Waals surface area contributed by atoms with Crippen LogP contribution in [0.4, 0.5) is 49.4 Å². The number of para-hydroxylation sites is 4. The number of benzene rings is 2. The van der Waals surface area contributed by atoms with Crippen molar-refractivity contribution >= 4 is 54.5 Å². The molecule has 4 aromatic rings. The second-order valence-corrected chi connectivity index (χ2v) is 9.08. The number of nitrogens with one attached hydrogen (secondary N) is 2. The molecule has 0 spiro atoms. The van der Waals surface area contributed by atoms with Crippen molar-refractivity contribution in [3.8, 4) is 11.5 Å². The summed E-state index contributed by atoms with van der Waals surface area (Å²) in [6.07, 6.45) is -8.66. The summed E-state index contributed by atoms with van der Waals surface area (Å²) in [5.41, 5.74) is -2.61. The first kappa shape index (κ1) is 29.2. The van der Waals surface area contributed by atoms with Crippen LogP contribution in [0.1, 0.15) is 11.1 Å². The molecule has 0 aliphatic heterocycles. The maximum atomic E-state index is 13.4. The van der Waals surface area contributed by atoms with Crippen LogP contribution in [-0.4, -0.2) is 19.9 Å². The highest BCUT2D eigenvalue weighted by molar-refractivity contribution is 7.34. The molecule has 0 aliphatic rings. The summed E-state index contributed by atoms with van der Waals surface area (Å²) in [5.74, 6) is -1.77. The van der Waals surface area contributed by atoms with E-state index < -0.39 is 53.9 Å². The van der Waals surface area contributed by atoms with Gasteiger partial charge >= 0.3 is 20.6 Å². The average molecular weight is 625 g/mol. The Labute approximate surface area is 231 Å². The van der Waals surface area contributed by atoms with Crippen LogP contribution < -0.4 is 19.7 Å². The molecule has 0 radical (unpaired) electrons. The minimum Gasteiger partial charge on any atom is -0.416 e. The molecule has 2 aromatic carbocycles. The third kappa shape index (κ3) is 7.23. The summed E-state index contributed by atoms with van der Waals surface area (Å²) in [7, 11) is -3.51. The highest BCUT2D eigenvalue weighted by Gasteiger charge is 2.36. The maximum absolute atomic E-state index is 13.4. The fourth-order valence-corrected chi connectivity index (χ4v) is 4.12. The van der Waals surface area contributed by atoms with Gasteiger partial charge in [-0.25, -0.2) is 14.5 Å². The molecule has 2 heterocycles. The quantitative estimate of drug-likeness (QED) is 0.115. The molecule has 0 bridgehead atoms. The van der Waals surface area contributed by atoms with Gasteiger partial charge in [-0.2, -0.15) is 36.3 Å². The van der Waals surface area contributed by atoms with Gasteiger partial charge in [-0.1, -0.05) is 24.3 Å². The predicted molar refractivity (Wildman–Crippen MR) is 134 cm³/mol. The van der Waals surface area contributed by atoms with Crippen LogP contribution >= 0.6 is 31.5 Å². The van der Waals surface area contributed by atoms with E-state index in [1.54, 1.807) is 0 Å². The van der Waals surface area contributed by atoms with Crippen LogP contribution in [0.25, 0.3) is 0 Å². The molecular formula is C22H13Cl2F6N6O3P. The molecule has 18 heteroatoms. The third-order valence-electron chi connectivity index (χ3n) is 4.80. The molecule has 0 saturated carbocycles. The number of anilines is 4. The number of halogens is 8. The highest BCUT2D eigenvalue weighted by atomic mass is 35.5. The lowest BCUT2D eigenvalue weighted by atomic mass is 10.2. The first-order valence-electron chi connectivity index (χ1n) is 10.6. The number of hydrogen-bond acceptors (Lipinski definition) is 9. The second-order valence-electron chi connectivity index (χ2n) is 7.49. The molecular weight excluding hydrogens is 612 g/mol. The van der Waals surface area contributed by atoms with Gasteiger partial charge in [0.05, 0.1) is 11.4 Å². The van der Waals surface area contributed by atoms with Crippen molar-refractivity contribution in [2.45, 2.75) is 12.4 Å². The van der Waals surface area contributed by atoms with Crippen molar-refractivity contribution in [3.63, 3.8) is 0 Å². The monoisotopic (exact) mass is 624 g/mol. The SMILES string of the molecule is O=[PH](Oc1ccccc1Nc1nc(Cl)ncc1C(F)(F)F)Oc1ccccc1Nc1nc(Cl)ncc1C(F)(F)F. The first-order chi connectivity index (χ1) is 18.8. The minimum absolute atomic E-state index is 0.0819. The zero-order valence-electron chi connectivity index (χ0n) is 19.3. The minimum atomic E-state index is -4.82. The Morgan fingerprint density at radius 2 is 1.05 bits per heavy atom. The van der Waals surface area contributed by atoms with Gasteiger partial charge in [-0.15, -0.1) is 0 Å². The molecule has 210 valence electrons. The molecule has 0 aliphatic carbocycles. The summed E-state index contributed by atoms with van der Waals surface area (Å²) >= 11 is 11.3. The van der Waals surface area contributed by atoms with Gasteiger partial charge in [0, 0.05) is 12.4 Å². The van der Waals surface area contributed by atoms with Crippen LogP contribution in [0.2, 0.25) is 10.6 Å². The van der Waals surface area contributed by atoms with Crippen molar-refractivity contribution in [3.05, 3.63) is 82.6 Å². The Bertz CT molecular complexity index is 1450. The summed E-state index contributed by atoms with van der Waals surface area (Å²) in [5, 5.41) is 3.92. The van der Waals surface area contributed by atoms with Gasteiger partial charge in [0.2, 0.25) is 10.6 Å². The number of hydrogen-bond donors (Lipinski definition) is 2. The van der Waals surface area contributed by atoms with Gasteiger partial charge in [0.25, 0.3) is 0 Å². The highest BCUT2D eigenvalue weighted by Crippen LogP contribution is 2.42. The predicted octanol–water partition coefficient (Wildman–Crippen LogP) is 7.95. The van der Waals surface area contributed by atoms with Crippen LogP contribution in [0.15, 0.2) is 60.9 Å². The second kappa shape index (κ2) is 11.7. The molecule has 0 unspecified atom stereocenters. The van der Waals surface area contributed by atoms with Crippen molar-refractivity contribution < 1.29 is 40.0 Å². The number of rotatable bonds is 8. The fourth-order valence-electron chi connectivity index (χ4n) is 3.10.